The molecule has 0 fully saturated rings. The summed E-state index contributed by atoms with van der Waals surface area (Å²) < 4.78 is 0. The minimum atomic E-state index is 0.716. The van der Waals surface area contributed by atoms with E-state index in [0.717, 1.165) is 19.1 Å². The third kappa shape index (κ3) is 10.3. The van der Waals surface area contributed by atoms with Gasteiger partial charge in [0.25, 0.3) is 0 Å². The zero-order chi connectivity index (χ0) is 12.9. The molecule has 0 aromatic heterocycles. The summed E-state index contributed by atoms with van der Waals surface area (Å²) in [5, 5.41) is 0. The van der Waals surface area contributed by atoms with Crippen LogP contribution in [-0.2, 0) is 4.79 Å². The number of unbranched alkanes of at least 4 members (excludes halogenated alkanes) is 6. The van der Waals surface area contributed by atoms with Crippen molar-refractivity contribution in [1.82, 2.24) is 0 Å². The molecule has 0 unspecified atom stereocenters. The molecule has 0 N–H and O–H groups in total. The van der Waals surface area contributed by atoms with Crippen LogP contribution in [0.3, 0.4) is 0 Å². The van der Waals surface area contributed by atoms with Crippen LogP contribution in [0, 0.1) is 0 Å². The highest BCUT2D eigenvalue weighted by Gasteiger charge is 2.00. The van der Waals surface area contributed by atoms with E-state index in [9.17, 15) is 4.79 Å². The summed E-state index contributed by atoms with van der Waals surface area (Å²) in [6.45, 7) is 6.66. The summed E-state index contributed by atoms with van der Waals surface area (Å²) in [5.74, 6) is 0. The van der Waals surface area contributed by atoms with Crippen molar-refractivity contribution in [2.75, 3.05) is 0 Å². The third-order valence-corrected chi connectivity index (χ3v) is 3.34. The number of hydrogen-bond donors (Lipinski definition) is 0. The first-order valence-electron chi connectivity index (χ1n) is 7.31. The average Bonchev–Trinajstić information content (AvgIpc) is 2.31. The normalized spacial score (nSPS) is 10.3. The van der Waals surface area contributed by atoms with E-state index in [1.54, 1.807) is 5.57 Å². The van der Waals surface area contributed by atoms with Crippen LogP contribution in [0.2, 0.25) is 0 Å². The lowest BCUT2D eigenvalue weighted by atomic mass is 9.97. The Morgan fingerprint density at radius 3 is 2.06 bits per heavy atom. The molecule has 0 aromatic rings. The fourth-order valence-corrected chi connectivity index (χ4v) is 2.14. The highest BCUT2D eigenvalue weighted by atomic mass is 16.1. The van der Waals surface area contributed by atoms with Crippen molar-refractivity contribution in [2.45, 2.75) is 85.0 Å². The maximum atomic E-state index is 10.3. The van der Waals surface area contributed by atoms with Crippen LogP contribution < -0.4 is 0 Å². The SMILES string of the molecule is CCCCCCCCC(CCCC=O)=C(C)C. The first kappa shape index (κ1) is 16.4. The predicted molar refractivity (Wildman–Crippen MR) is 76.3 cm³/mol. The number of carbonyl (C=O) groups excluding carboxylic acids is 1. The average molecular weight is 238 g/mol. The molecule has 17 heavy (non-hydrogen) atoms. The molecule has 0 amide bonds. The van der Waals surface area contributed by atoms with Gasteiger partial charge >= 0.3 is 0 Å². The van der Waals surface area contributed by atoms with Gasteiger partial charge in [-0.3, -0.25) is 0 Å². The van der Waals surface area contributed by atoms with Gasteiger partial charge in [-0.15, -0.1) is 0 Å². The summed E-state index contributed by atoms with van der Waals surface area (Å²) in [7, 11) is 0. The van der Waals surface area contributed by atoms with Gasteiger partial charge in [0.15, 0.2) is 0 Å². The molecule has 0 rings (SSSR count). The van der Waals surface area contributed by atoms with Gasteiger partial charge in [-0.2, -0.15) is 0 Å². The van der Waals surface area contributed by atoms with E-state index < -0.39 is 0 Å². The van der Waals surface area contributed by atoms with Crippen LogP contribution in [0.5, 0.6) is 0 Å². The summed E-state index contributed by atoms with van der Waals surface area (Å²) in [6.07, 6.45) is 13.3. The van der Waals surface area contributed by atoms with Gasteiger partial charge in [0.1, 0.15) is 6.29 Å². The van der Waals surface area contributed by atoms with Crippen molar-refractivity contribution < 1.29 is 4.79 Å². The molecule has 0 aliphatic rings. The number of rotatable bonds is 11. The van der Waals surface area contributed by atoms with Crippen LogP contribution in [0.4, 0.5) is 0 Å². The maximum Gasteiger partial charge on any atom is 0.120 e. The molecule has 100 valence electrons. The van der Waals surface area contributed by atoms with E-state index in [4.69, 9.17) is 0 Å². The van der Waals surface area contributed by atoms with Crippen LogP contribution in [-0.4, -0.2) is 6.29 Å². The lowest BCUT2D eigenvalue weighted by Gasteiger charge is -2.09. The van der Waals surface area contributed by atoms with E-state index in [1.165, 1.54) is 50.5 Å². The van der Waals surface area contributed by atoms with Gasteiger partial charge in [0, 0.05) is 6.42 Å². The van der Waals surface area contributed by atoms with E-state index >= 15 is 0 Å². The number of allylic oxidation sites excluding steroid dienone is 2. The van der Waals surface area contributed by atoms with Gasteiger partial charge in [0.2, 0.25) is 0 Å². The highest BCUT2D eigenvalue weighted by Crippen LogP contribution is 2.19. The fourth-order valence-electron chi connectivity index (χ4n) is 2.14. The van der Waals surface area contributed by atoms with Crippen molar-refractivity contribution in [2.24, 2.45) is 0 Å². The first-order valence-corrected chi connectivity index (χ1v) is 7.31. The zero-order valence-electron chi connectivity index (χ0n) is 12.1. The fraction of sp³-hybridized carbons (Fsp3) is 0.812. The molecule has 0 bridgehead atoms. The lowest BCUT2D eigenvalue weighted by molar-refractivity contribution is -0.107. The molecule has 0 atom stereocenters. The largest absolute Gasteiger partial charge is 0.303 e. The second-order valence-electron chi connectivity index (χ2n) is 5.18. The smallest absolute Gasteiger partial charge is 0.120 e. The number of aldehydes is 1. The minimum Gasteiger partial charge on any atom is -0.303 e. The molecule has 0 aliphatic carbocycles. The molecule has 0 heterocycles. The molecule has 0 aliphatic heterocycles. The Hall–Kier alpha value is -0.590. The molecule has 1 nitrogen and oxygen atoms in total. The second kappa shape index (κ2) is 11.9. The van der Waals surface area contributed by atoms with E-state index in [-0.39, 0.29) is 0 Å². The first-order chi connectivity index (χ1) is 8.22. The van der Waals surface area contributed by atoms with Crippen LogP contribution >= 0.6 is 0 Å². The zero-order valence-corrected chi connectivity index (χ0v) is 12.1. The number of carbonyl (C=O) groups is 1. The standard InChI is InChI=1S/C16H30O/c1-4-5-6-7-8-9-12-16(15(2)3)13-10-11-14-17/h14H,4-13H2,1-3H3. The molecule has 0 saturated heterocycles. The van der Waals surface area contributed by atoms with Crippen molar-refractivity contribution in [1.29, 1.82) is 0 Å². The van der Waals surface area contributed by atoms with E-state index in [0.29, 0.717) is 6.42 Å². The molecular formula is C16H30O. The summed E-state index contributed by atoms with van der Waals surface area (Å²) in [6, 6.07) is 0. The summed E-state index contributed by atoms with van der Waals surface area (Å²) in [4.78, 5) is 10.3. The van der Waals surface area contributed by atoms with E-state index in [1.807, 2.05) is 0 Å². The van der Waals surface area contributed by atoms with E-state index in [2.05, 4.69) is 20.8 Å². The molecular weight excluding hydrogens is 208 g/mol. The topological polar surface area (TPSA) is 17.1 Å². The molecule has 0 saturated carbocycles. The Bertz CT molecular complexity index is 212. The predicted octanol–water partition coefficient (Wildman–Crippen LogP) is 5.44. The Morgan fingerprint density at radius 1 is 0.882 bits per heavy atom. The highest BCUT2D eigenvalue weighted by molar-refractivity contribution is 5.49. The van der Waals surface area contributed by atoms with Crippen molar-refractivity contribution in [3.8, 4) is 0 Å². The van der Waals surface area contributed by atoms with Crippen LogP contribution in [0.25, 0.3) is 0 Å². The lowest BCUT2D eigenvalue weighted by Crippen LogP contribution is -1.90. The van der Waals surface area contributed by atoms with Crippen LogP contribution in [0.15, 0.2) is 11.1 Å². The Morgan fingerprint density at radius 2 is 1.47 bits per heavy atom. The Balaban J connectivity index is 3.64. The molecule has 0 aromatic carbocycles. The second-order valence-corrected chi connectivity index (χ2v) is 5.18. The van der Waals surface area contributed by atoms with Crippen molar-refractivity contribution in [3.05, 3.63) is 11.1 Å². The molecule has 0 spiro atoms. The quantitative estimate of drug-likeness (QED) is 0.266. The molecule has 0 radical (unpaired) electrons. The summed E-state index contributed by atoms with van der Waals surface area (Å²) >= 11 is 0. The Kier molecular flexibility index (Phi) is 11.5. The third-order valence-electron chi connectivity index (χ3n) is 3.34. The van der Waals surface area contributed by atoms with Gasteiger partial charge in [-0.1, -0.05) is 50.2 Å². The minimum absolute atomic E-state index is 0.716. The van der Waals surface area contributed by atoms with Gasteiger partial charge < -0.3 is 4.79 Å². The number of hydrogen-bond acceptors (Lipinski definition) is 1. The Labute approximate surface area is 108 Å². The van der Waals surface area contributed by atoms with Gasteiger partial charge in [-0.25, -0.2) is 0 Å². The van der Waals surface area contributed by atoms with Crippen molar-refractivity contribution in [3.63, 3.8) is 0 Å². The van der Waals surface area contributed by atoms with Gasteiger partial charge in [0.05, 0.1) is 0 Å². The maximum absolute atomic E-state index is 10.3. The van der Waals surface area contributed by atoms with Crippen LogP contribution in [0.1, 0.15) is 85.0 Å². The van der Waals surface area contributed by atoms with Crippen molar-refractivity contribution >= 4 is 6.29 Å². The molecule has 1 heteroatoms. The monoisotopic (exact) mass is 238 g/mol. The summed E-state index contributed by atoms with van der Waals surface area (Å²) in [5.41, 5.74) is 3.05. The van der Waals surface area contributed by atoms with Gasteiger partial charge in [-0.05, 0) is 39.5 Å².